The van der Waals surface area contributed by atoms with E-state index in [0.29, 0.717) is 16.7 Å². The first-order valence-electron chi connectivity index (χ1n) is 9.64. The molecule has 0 saturated carbocycles. The second kappa shape index (κ2) is 7.97. The minimum Gasteiger partial charge on any atom is -0.467 e. The summed E-state index contributed by atoms with van der Waals surface area (Å²) in [5, 5.41) is 4.84. The van der Waals surface area contributed by atoms with Crippen LogP contribution in [0.2, 0.25) is 5.02 Å². The number of hydrogen-bond acceptors (Lipinski definition) is 3. The highest BCUT2D eigenvalue weighted by atomic mass is 35.5. The largest absolute Gasteiger partial charge is 0.467 e. The Morgan fingerprint density at radius 3 is 2.77 bits per heavy atom. The first kappa shape index (κ1) is 18.9. The highest BCUT2D eigenvalue weighted by Gasteiger charge is 2.41. The Hall–Kier alpha value is -3.09. The van der Waals surface area contributed by atoms with Crippen LogP contribution in [-0.4, -0.2) is 19.6 Å². The topological polar surface area (TPSA) is 46.2 Å². The van der Waals surface area contributed by atoms with Gasteiger partial charge < -0.3 is 19.2 Å². The SMILES string of the molecule is S=C1N[C@@H](c2ccccn2)[C@@H](c2cccn2-c2cccc(Cl)c2)N1Cc1ccco1. The lowest BCUT2D eigenvalue weighted by molar-refractivity contribution is 0.280. The average Bonchev–Trinajstić information content (AvgIpc) is 3.50. The molecule has 1 fully saturated rings. The third kappa shape index (κ3) is 3.49. The number of furan rings is 1. The molecule has 4 heterocycles. The van der Waals surface area contributed by atoms with Gasteiger partial charge in [0.15, 0.2) is 5.11 Å². The molecule has 4 aromatic rings. The minimum absolute atomic E-state index is 0.0773. The van der Waals surface area contributed by atoms with Gasteiger partial charge >= 0.3 is 0 Å². The number of nitrogens with one attached hydrogen (secondary N) is 1. The number of benzene rings is 1. The molecule has 0 aliphatic carbocycles. The molecule has 0 unspecified atom stereocenters. The predicted octanol–water partition coefficient (Wildman–Crippen LogP) is 5.29. The van der Waals surface area contributed by atoms with E-state index in [1.165, 1.54) is 0 Å². The monoisotopic (exact) mass is 434 g/mol. The van der Waals surface area contributed by atoms with E-state index in [9.17, 15) is 0 Å². The Balaban J connectivity index is 1.61. The van der Waals surface area contributed by atoms with Crippen molar-refractivity contribution < 1.29 is 4.42 Å². The summed E-state index contributed by atoms with van der Waals surface area (Å²) in [5.74, 6) is 0.853. The molecule has 1 N–H and O–H groups in total. The number of pyridine rings is 1. The summed E-state index contributed by atoms with van der Waals surface area (Å²) in [6, 6.07) is 21.6. The summed E-state index contributed by atoms with van der Waals surface area (Å²) in [6.07, 6.45) is 5.53. The zero-order chi connectivity index (χ0) is 20.5. The second-order valence-electron chi connectivity index (χ2n) is 7.12. The van der Waals surface area contributed by atoms with Gasteiger partial charge in [-0.2, -0.15) is 0 Å². The van der Waals surface area contributed by atoms with Crippen LogP contribution >= 0.6 is 23.8 Å². The summed E-state index contributed by atoms with van der Waals surface area (Å²) in [7, 11) is 0. The van der Waals surface area contributed by atoms with Gasteiger partial charge in [-0.3, -0.25) is 4.98 Å². The lowest BCUT2D eigenvalue weighted by atomic mass is 10.0. The van der Waals surface area contributed by atoms with Crippen LogP contribution < -0.4 is 5.32 Å². The molecule has 3 aromatic heterocycles. The van der Waals surface area contributed by atoms with Crippen LogP contribution in [0.3, 0.4) is 0 Å². The maximum Gasteiger partial charge on any atom is 0.170 e. The maximum absolute atomic E-state index is 6.27. The predicted molar refractivity (Wildman–Crippen MR) is 120 cm³/mol. The summed E-state index contributed by atoms with van der Waals surface area (Å²) in [6.45, 7) is 0.563. The summed E-state index contributed by atoms with van der Waals surface area (Å²) < 4.78 is 7.76. The number of nitrogens with zero attached hydrogens (tertiary/aromatic N) is 3. The first-order chi connectivity index (χ1) is 14.7. The molecule has 0 amide bonds. The van der Waals surface area contributed by atoms with E-state index in [4.69, 9.17) is 28.2 Å². The Morgan fingerprint density at radius 1 is 1.07 bits per heavy atom. The van der Waals surface area contributed by atoms with Crippen LogP contribution in [0.15, 0.2) is 89.8 Å². The molecule has 5 nitrogen and oxygen atoms in total. The minimum atomic E-state index is -0.0958. The van der Waals surface area contributed by atoms with Gasteiger partial charge in [0.2, 0.25) is 0 Å². The van der Waals surface area contributed by atoms with E-state index in [1.54, 1.807) is 6.26 Å². The molecule has 7 heteroatoms. The fourth-order valence-corrected chi connectivity index (χ4v) is 4.45. The Kier molecular flexibility index (Phi) is 5.02. The number of hydrogen-bond donors (Lipinski definition) is 1. The van der Waals surface area contributed by atoms with Crippen molar-refractivity contribution >= 4 is 28.9 Å². The van der Waals surface area contributed by atoms with Crippen LogP contribution in [-0.2, 0) is 6.54 Å². The van der Waals surface area contributed by atoms with Gasteiger partial charge in [-0.15, -0.1) is 0 Å². The molecular formula is C23H19ClN4OS. The molecule has 1 aliphatic heterocycles. The van der Waals surface area contributed by atoms with Gasteiger partial charge in [0.05, 0.1) is 30.6 Å². The van der Waals surface area contributed by atoms with Crippen molar-refractivity contribution in [1.29, 1.82) is 0 Å². The lowest BCUT2D eigenvalue weighted by Crippen LogP contribution is -2.29. The van der Waals surface area contributed by atoms with Crippen LogP contribution in [0, 0.1) is 0 Å². The quantitative estimate of drug-likeness (QED) is 0.432. The zero-order valence-electron chi connectivity index (χ0n) is 16.0. The van der Waals surface area contributed by atoms with Crippen molar-refractivity contribution in [3.05, 3.63) is 108 Å². The Morgan fingerprint density at radius 2 is 2.00 bits per heavy atom. The second-order valence-corrected chi connectivity index (χ2v) is 7.94. The number of rotatable bonds is 5. The van der Waals surface area contributed by atoms with Crippen molar-refractivity contribution in [2.24, 2.45) is 0 Å². The smallest absolute Gasteiger partial charge is 0.170 e. The van der Waals surface area contributed by atoms with E-state index in [0.717, 1.165) is 22.8 Å². The van der Waals surface area contributed by atoms with Gasteiger partial charge in [0.25, 0.3) is 0 Å². The highest BCUT2D eigenvalue weighted by molar-refractivity contribution is 7.80. The van der Waals surface area contributed by atoms with Gasteiger partial charge in [0, 0.05) is 28.8 Å². The summed E-state index contributed by atoms with van der Waals surface area (Å²) in [5.41, 5.74) is 3.02. The molecule has 2 atom stereocenters. The third-order valence-corrected chi connectivity index (χ3v) is 5.86. The van der Waals surface area contributed by atoms with Gasteiger partial charge in [-0.25, -0.2) is 0 Å². The van der Waals surface area contributed by atoms with E-state index in [2.05, 4.69) is 25.8 Å². The van der Waals surface area contributed by atoms with E-state index in [1.807, 2.05) is 73.1 Å². The fourth-order valence-electron chi connectivity index (χ4n) is 3.96. The normalized spacial score (nSPS) is 18.6. The highest BCUT2D eigenvalue weighted by Crippen LogP contribution is 2.40. The third-order valence-electron chi connectivity index (χ3n) is 5.27. The van der Waals surface area contributed by atoms with Gasteiger partial charge in [0.1, 0.15) is 5.76 Å². The molecule has 0 bridgehead atoms. The number of thiocarbonyl (C=S) groups is 1. The summed E-state index contributed by atoms with van der Waals surface area (Å²) in [4.78, 5) is 6.76. The molecular weight excluding hydrogens is 416 g/mol. The van der Waals surface area contributed by atoms with Gasteiger partial charge in [-0.05, 0) is 66.8 Å². The molecule has 1 saturated heterocycles. The molecule has 5 rings (SSSR count). The van der Waals surface area contributed by atoms with Crippen molar-refractivity contribution in [3.8, 4) is 5.69 Å². The summed E-state index contributed by atoms with van der Waals surface area (Å²) >= 11 is 12.0. The molecule has 1 aromatic carbocycles. The molecule has 30 heavy (non-hydrogen) atoms. The van der Waals surface area contributed by atoms with Crippen molar-refractivity contribution in [2.75, 3.05) is 0 Å². The molecule has 0 radical (unpaired) electrons. The van der Waals surface area contributed by atoms with Gasteiger partial charge in [-0.1, -0.05) is 23.7 Å². The first-order valence-corrected chi connectivity index (χ1v) is 10.4. The van der Waals surface area contributed by atoms with Crippen molar-refractivity contribution in [2.45, 2.75) is 18.6 Å². The Labute approximate surface area is 184 Å². The van der Waals surface area contributed by atoms with Crippen LogP contribution in [0.5, 0.6) is 0 Å². The maximum atomic E-state index is 6.27. The molecule has 1 aliphatic rings. The average molecular weight is 435 g/mol. The van der Waals surface area contributed by atoms with Crippen molar-refractivity contribution in [1.82, 2.24) is 19.8 Å². The van der Waals surface area contributed by atoms with E-state index >= 15 is 0 Å². The van der Waals surface area contributed by atoms with Crippen molar-refractivity contribution in [3.63, 3.8) is 0 Å². The number of halogens is 1. The van der Waals surface area contributed by atoms with Crippen LogP contribution in [0.1, 0.15) is 29.2 Å². The molecule has 0 spiro atoms. The van der Waals surface area contributed by atoms with Crippen LogP contribution in [0.4, 0.5) is 0 Å². The van der Waals surface area contributed by atoms with E-state index < -0.39 is 0 Å². The zero-order valence-corrected chi connectivity index (χ0v) is 17.6. The number of aromatic nitrogens is 2. The Bertz CT molecular complexity index is 1160. The molecule has 150 valence electrons. The fraction of sp³-hybridized carbons (Fsp3) is 0.130. The van der Waals surface area contributed by atoms with E-state index in [-0.39, 0.29) is 12.1 Å². The lowest BCUT2D eigenvalue weighted by Gasteiger charge is -2.28. The van der Waals surface area contributed by atoms with Crippen LogP contribution in [0.25, 0.3) is 5.69 Å². The standard InChI is InChI=1S/C23H19ClN4OS/c24-16-6-3-7-17(14-16)27-12-4-10-20(27)22-21(19-9-1-2-11-25-19)26-23(30)28(22)15-18-8-5-13-29-18/h1-14,21-22H,15H2,(H,26,30)/t21-,22+/m0/s1.